The van der Waals surface area contributed by atoms with Gasteiger partial charge >= 0.3 is 5.97 Å². The third-order valence-electron chi connectivity index (χ3n) is 2.18. The van der Waals surface area contributed by atoms with Gasteiger partial charge in [0.15, 0.2) is 0 Å². The zero-order valence-corrected chi connectivity index (χ0v) is 10.3. The van der Waals surface area contributed by atoms with Crippen molar-refractivity contribution in [3.8, 4) is 0 Å². The molecule has 0 saturated carbocycles. The Labute approximate surface area is 100 Å². The van der Waals surface area contributed by atoms with E-state index in [1.165, 1.54) is 12.0 Å². The van der Waals surface area contributed by atoms with E-state index in [2.05, 4.69) is 16.9 Å². The largest absolute Gasteiger partial charge is 0.469 e. The molecule has 0 bridgehead atoms. The fourth-order valence-corrected chi connectivity index (χ4v) is 2.08. The third-order valence-corrected chi connectivity index (χ3v) is 3.28. The topological polar surface area (TPSA) is 52.3 Å². The van der Waals surface area contributed by atoms with Gasteiger partial charge in [-0.15, -0.1) is 11.8 Å². The second kappa shape index (κ2) is 7.30. The molecule has 0 fully saturated rings. The second-order valence-electron chi connectivity index (χ2n) is 3.38. The number of methoxy groups -OCH3 is 1. The molecule has 0 atom stereocenters. The number of esters is 1. The molecular weight excluding hydrogens is 222 g/mol. The summed E-state index contributed by atoms with van der Waals surface area (Å²) < 4.78 is 4.57. The zero-order chi connectivity index (χ0) is 11.8. The highest BCUT2D eigenvalue weighted by Crippen LogP contribution is 2.19. The molecule has 2 N–H and O–H groups in total. The van der Waals surface area contributed by atoms with Crippen LogP contribution in [-0.4, -0.2) is 18.8 Å². The second-order valence-corrected chi connectivity index (χ2v) is 4.54. The van der Waals surface area contributed by atoms with Gasteiger partial charge in [0, 0.05) is 17.9 Å². The van der Waals surface area contributed by atoms with Gasteiger partial charge in [-0.3, -0.25) is 4.79 Å². The van der Waals surface area contributed by atoms with E-state index in [1.807, 2.05) is 12.1 Å². The SMILES string of the molecule is COC(=O)CCCSc1ccc(CN)cc1. The van der Waals surface area contributed by atoms with Gasteiger partial charge in [-0.05, 0) is 29.9 Å². The molecule has 3 nitrogen and oxygen atoms in total. The van der Waals surface area contributed by atoms with Crippen LogP contribution < -0.4 is 5.73 Å². The Morgan fingerprint density at radius 2 is 2.06 bits per heavy atom. The normalized spacial score (nSPS) is 10.1. The van der Waals surface area contributed by atoms with Gasteiger partial charge < -0.3 is 10.5 Å². The minimum Gasteiger partial charge on any atom is -0.469 e. The monoisotopic (exact) mass is 239 g/mol. The van der Waals surface area contributed by atoms with Crippen LogP contribution >= 0.6 is 11.8 Å². The van der Waals surface area contributed by atoms with Gasteiger partial charge in [-0.1, -0.05) is 12.1 Å². The van der Waals surface area contributed by atoms with Gasteiger partial charge in [0.05, 0.1) is 7.11 Å². The molecule has 4 heteroatoms. The molecule has 16 heavy (non-hydrogen) atoms. The number of carbonyl (C=O) groups is 1. The van der Waals surface area contributed by atoms with Crippen LogP contribution in [0.5, 0.6) is 0 Å². The van der Waals surface area contributed by atoms with Gasteiger partial charge in [0.2, 0.25) is 0 Å². The number of thioether (sulfide) groups is 1. The number of carbonyl (C=O) groups excluding carboxylic acids is 1. The first kappa shape index (κ1) is 13.1. The van der Waals surface area contributed by atoms with Gasteiger partial charge in [0.1, 0.15) is 0 Å². The maximum atomic E-state index is 10.9. The van der Waals surface area contributed by atoms with Crippen molar-refractivity contribution in [1.82, 2.24) is 0 Å². The van der Waals surface area contributed by atoms with Crippen LogP contribution in [0, 0.1) is 0 Å². The van der Waals surface area contributed by atoms with Crippen LogP contribution in [-0.2, 0) is 16.1 Å². The highest BCUT2D eigenvalue weighted by atomic mass is 32.2. The smallest absolute Gasteiger partial charge is 0.305 e. The minimum atomic E-state index is -0.140. The number of hydrogen-bond donors (Lipinski definition) is 1. The van der Waals surface area contributed by atoms with Crippen LogP contribution in [0.4, 0.5) is 0 Å². The van der Waals surface area contributed by atoms with Gasteiger partial charge in [0.25, 0.3) is 0 Å². The summed E-state index contributed by atoms with van der Waals surface area (Å²) in [5, 5.41) is 0. The van der Waals surface area contributed by atoms with E-state index in [4.69, 9.17) is 5.73 Å². The summed E-state index contributed by atoms with van der Waals surface area (Å²) in [4.78, 5) is 12.1. The third kappa shape index (κ3) is 4.68. The highest BCUT2D eigenvalue weighted by Gasteiger charge is 2.00. The number of benzene rings is 1. The number of ether oxygens (including phenoxy) is 1. The van der Waals surface area contributed by atoms with Crippen LogP contribution in [0.1, 0.15) is 18.4 Å². The fraction of sp³-hybridized carbons (Fsp3) is 0.417. The summed E-state index contributed by atoms with van der Waals surface area (Å²) in [6.07, 6.45) is 1.33. The Morgan fingerprint density at radius 3 is 2.62 bits per heavy atom. The predicted octanol–water partition coefficient (Wildman–Crippen LogP) is 2.19. The Hall–Kier alpha value is -1.00. The Balaban J connectivity index is 2.24. The van der Waals surface area contributed by atoms with E-state index < -0.39 is 0 Å². The van der Waals surface area contributed by atoms with E-state index in [9.17, 15) is 4.79 Å². The molecule has 0 saturated heterocycles. The molecule has 0 aliphatic rings. The average molecular weight is 239 g/mol. The first-order valence-electron chi connectivity index (χ1n) is 5.25. The molecule has 0 amide bonds. The average Bonchev–Trinajstić information content (AvgIpc) is 2.35. The molecule has 0 radical (unpaired) electrons. The van der Waals surface area contributed by atoms with Crippen molar-refractivity contribution in [3.05, 3.63) is 29.8 Å². The molecule has 0 aliphatic carbocycles. The predicted molar refractivity (Wildman–Crippen MR) is 66.3 cm³/mol. The number of hydrogen-bond acceptors (Lipinski definition) is 4. The summed E-state index contributed by atoms with van der Waals surface area (Å²) >= 11 is 1.74. The molecular formula is C12H17NO2S. The van der Waals surface area contributed by atoms with Crippen molar-refractivity contribution in [2.24, 2.45) is 5.73 Å². The Morgan fingerprint density at radius 1 is 1.38 bits per heavy atom. The molecule has 0 spiro atoms. The molecule has 0 heterocycles. The summed E-state index contributed by atoms with van der Waals surface area (Å²) in [5.41, 5.74) is 6.65. The van der Waals surface area contributed by atoms with Crippen LogP contribution in [0.15, 0.2) is 29.2 Å². The maximum Gasteiger partial charge on any atom is 0.305 e. The summed E-state index contributed by atoms with van der Waals surface area (Å²) in [7, 11) is 1.42. The van der Waals surface area contributed by atoms with Crippen LogP contribution in [0.2, 0.25) is 0 Å². The van der Waals surface area contributed by atoms with Crippen molar-refractivity contribution in [2.45, 2.75) is 24.3 Å². The van der Waals surface area contributed by atoms with Crippen molar-refractivity contribution >= 4 is 17.7 Å². The van der Waals surface area contributed by atoms with E-state index in [1.54, 1.807) is 11.8 Å². The molecule has 88 valence electrons. The van der Waals surface area contributed by atoms with Gasteiger partial charge in [-0.25, -0.2) is 0 Å². The summed E-state index contributed by atoms with van der Waals surface area (Å²) in [5.74, 6) is 0.788. The Bertz CT molecular complexity index is 324. The first-order valence-corrected chi connectivity index (χ1v) is 6.23. The zero-order valence-electron chi connectivity index (χ0n) is 9.44. The highest BCUT2D eigenvalue weighted by molar-refractivity contribution is 7.99. The van der Waals surface area contributed by atoms with Crippen LogP contribution in [0.3, 0.4) is 0 Å². The van der Waals surface area contributed by atoms with E-state index in [0.29, 0.717) is 13.0 Å². The Kier molecular flexibility index (Phi) is 5.96. The molecule has 0 aliphatic heterocycles. The van der Waals surface area contributed by atoms with Crippen LogP contribution in [0.25, 0.3) is 0 Å². The molecule has 0 unspecified atom stereocenters. The fourth-order valence-electron chi connectivity index (χ4n) is 1.23. The molecule has 0 aromatic heterocycles. The van der Waals surface area contributed by atoms with Crippen molar-refractivity contribution < 1.29 is 9.53 Å². The van der Waals surface area contributed by atoms with Crippen molar-refractivity contribution in [2.75, 3.05) is 12.9 Å². The van der Waals surface area contributed by atoms with Crippen molar-refractivity contribution in [3.63, 3.8) is 0 Å². The van der Waals surface area contributed by atoms with Gasteiger partial charge in [-0.2, -0.15) is 0 Å². The lowest BCUT2D eigenvalue weighted by atomic mass is 10.2. The summed E-state index contributed by atoms with van der Waals surface area (Å²) in [6.45, 7) is 0.577. The lowest BCUT2D eigenvalue weighted by Crippen LogP contribution is -2.00. The van der Waals surface area contributed by atoms with E-state index >= 15 is 0 Å². The molecule has 1 aromatic rings. The molecule has 1 rings (SSSR count). The molecule has 1 aromatic carbocycles. The number of rotatable bonds is 6. The van der Waals surface area contributed by atoms with E-state index in [0.717, 1.165) is 17.7 Å². The quantitative estimate of drug-likeness (QED) is 0.470. The minimum absolute atomic E-state index is 0.140. The van der Waals surface area contributed by atoms with Crippen molar-refractivity contribution in [1.29, 1.82) is 0 Å². The van der Waals surface area contributed by atoms with E-state index in [-0.39, 0.29) is 5.97 Å². The lowest BCUT2D eigenvalue weighted by molar-refractivity contribution is -0.140. The first-order chi connectivity index (χ1) is 7.76. The summed E-state index contributed by atoms with van der Waals surface area (Å²) in [6, 6.07) is 8.18. The number of nitrogens with two attached hydrogens (primary N) is 1. The standard InChI is InChI=1S/C12H17NO2S/c1-15-12(14)3-2-8-16-11-6-4-10(9-13)5-7-11/h4-7H,2-3,8-9,13H2,1H3. The lowest BCUT2D eigenvalue weighted by Gasteiger charge is -2.02. The maximum absolute atomic E-state index is 10.9.